The third-order valence-corrected chi connectivity index (χ3v) is 6.39. The summed E-state index contributed by atoms with van der Waals surface area (Å²) in [6, 6.07) is 8.57. The number of benzene rings is 1. The maximum absolute atomic E-state index is 12.5. The number of nitrogens with zero attached hydrogens (tertiary/aromatic N) is 4. The van der Waals surface area contributed by atoms with Crippen LogP contribution in [0.2, 0.25) is 0 Å². The average Bonchev–Trinajstić information content (AvgIpc) is 3.39. The molecule has 1 aliphatic carbocycles. The highest BCUT2D eigenvalue weighted by atomic mass is 32.2. The highest BCUT2D eigenvalue weighted by Gasteiger charge is 2.26. The van der Waals surface area contributed by atoms with Crippen molar-refractivity contribution in [3.8, 4) is 5.69 Å². The number of hydrogen-bond acceptors (Lipinski definition) is 6. The van der Waals surface area contributed by atoms with Gasteiger partial charge in [-0.05, 0) is 42.4 Å². The quantitative estimate of drug-likeness (QED) is 0.573. The van der Waals surface area contributed by atoms with E-state index in [1.165, 1.54) is 23.0 Å². The predicted octanol–water partition coefficient (Wildman–Crippen LogP) is 4.40. The lowest BCUT2D eigenvalue weighted by Gasteiger charge is -2.24. The summed E-state index contributed by atoms with van der Waals surface area (Å²) in [4.78, 5) is 12.5. The van der Waals surface area contributed by atoms with E-state index in [0.717, 1.165) is 30.5 Å². The van der Waals surface area contributed by atoms with E-state index < -0.39 is 0 Å². The second kappa shape index (κ2) is 8.86. The second-order valence-electron chi connectivity index (χ2n) is 8.87. The summed E-state index contributed by atoms with van der Waals surface area (Å²) in [5, 5.41) is 16.1. The van der Waals surface area contributed by atoms with Crippen LogP contribution in [0.15, 0.2) is 40.1 Å². The van der Waals surface area contributed by atoms with Crippen molar-refractivity contribution in [2.45, 2.75) is 70.1 Å². The van der Waals surface area contributed by atoms with Gasteiger partial charge in [-0.25, -0.2) is 4.68 Å². The van der Waals surface area contributed by atoms with Gasteiger partial charge in [0, 0.05) is 17.7 Å². The summed E-state index contributed by atoms with van der Waals surface area (Å²) in [7, 11) is 0. The summed E-state index contributed by atoms with van der Waals surface area (Å²) in [6.07, 6.45) is 5.47. The van der Waals surface area contributed by atoms with Crippen molar-refractivity contribution in [1.29, 1.82) is 0 Å². The molecule has 1 aromatic carbocycles. The van der Waals surface area contributed by atoms with Gasteiger partial charge in [0.05, 0.1) is 23.7 Å². The van der Waals surface area contributed by atoms with E-state index in [2.05, 4.69) is 65.6 Å². The van der Waals surface area contributed by atoms with Gasteiger partial charge in [-0.2, -0.15) is 5.10 Å². The normalized spacial score (nSPS) is 16.2. The van der Waals surface area contributed by atoms with E-state index in [9.17, 15) is 4.79 Å². The van der Waals surface area contributed by atoms with Crippen LogP contribution in [0.25, 0.3) is 5.69 Å². The van der Waals surface area contributed by atoms with Crippen LogP contribution in [0.1, 0.15) is 69.3 Å². The van der Waals surface area contributed by atoms with E-state index in [0.29, 0.717) is 17.5 Å². The van der Waals surface area contributed by atoms with Gasteiger partial charge in [0.2, 0.25) is 11.8 Å². The van der Waals surface area contributed by atoms with Crippen molar-refractivity contribution >= 4 is 17.7 Å². The van der Waals surface area contributed by atoms with Gasteiger partial charge in [-0.1, -0.05) is 51.6 Å². The third kappa shape index (κ3) is 4.84. The van der Waals surface area contributed by atoms with Gasteiger partial charge >= 0.3 is 0 Å². The second-order valence-corrected chi connectivity index (χ2v) is 9.80. The first-order valence-electron chi connectivity index (χ1n) is 10.8. The van der Waals surface area contributed by atoms with Gasteiger partial charge in [0.25, 0.3) is 5.22 Å². The Labute approximate surface area is 187 Å². The molecule has 1 amide bonds. The van der Waals surface area contributed by atoms with Gasteiger partial charge in [-0.15, -0.1) is 10.2 Å². The molecule has 8 heteroatoms. The fraction of sp³-hybridized carbons (Fsp3) is 0.478. The number of nitrogens with one attached hydrogen (secondary N) is 1. The van der Waals surface area contributed by atoms with Crippen LogP contribution in [0.3, 0.4) is 0 Å². The molecule has 4 rings (SSSR count). The number of carbonyl (C=O) groups excluding carboxylic acids is 1. The number of hydrogen-bond donors (Lipinski definition) is 1. The van der Waals surface area contributed by atoms with Crippen molar-refractivity contribution in [3.05, 3.63) is 53.2 Å². The highest BCUT2D eigenvalue weighted by Crippen LogP contribution is 2.32. The molecule has 0 saturated heterocycles. The zero-order chi connectivity index (χ0) is 22.0. The molecule has 3 aromatic rings. The molecule has 7 nitrogen and oxygen atoms in total. The Morgan fingerprint density at radius 1 is 1.26 bits per heavy atom. The van der Waals surface area contributed by atoms with Crippen LogP contribution in [-0.4, -0.2) is 31.6 Å². The fourth-order valence-corrected chi connectivity index (χ4v) is 4.43. The lowest BCUT2D eigenvalue weighted by molar-refractivity contribution is -0.119. The number of rotatable bonds is 6. The summed E-state index contributed by atoms with van der Waals surface area (Å²) < 4.78 is 7.47. The van der Waals surface area contributed by atoms with Crippen molar-refractivity contribution < 1.29 is 9.21 Å². The summed E-state index contributed by atoms with van der Waals surface area (Å²) in [5.74, 6) is 0.795. The first-order valence-corrected chi connectivity index (χ1v) is 11.8. The lowest BCUT2D eigenvalue weighted by Crippen LogP contribution is -2.32. The Morgan fingerprint density at radius 3 is 2.71 bits per heavy atom. The summed E-state index contributed by atoms with van der Waals surface area (Å²) >= 11 is 1.27. The first-order chi connectivity index (χ1) is 14.8. The molecule has 31 heavy (non-hydrogen) atoms. The SMILES string of the molecule is CCc1nnc(SCC(=O)N[C@@H]2CCCc3c2cnn3-c2ccc(C(C)(C)C)cc2)o1. The molecule has 0 bridgehead atoms. The van der Waals surface area contributed by atoms with Gasteiger partial charge in [0.15, 0.2) is 0 Å². The zero-order valence-electron chi connectivity index (χ0n) is 18.5. The van der Waals surface area contributed by atoms with E-state index in [-0.39, 0.29) is 23.1 Å². The minimum Gasteiger partial charge on any atom is -0.416 e. The van der Waals surface area contributed by atoms with Gasteiger partial charge < -0.3 is 9.73 Å². The maximum Gasteiger partial charge on any atom is 0.277 e. The minimum absolute atomic E-state index is 0.0201. The molecule has 1 N–H and O–H groups in total. The summed E-state index contributed by atoms with van der Waals surface area (Å²) in [6.45, 7) is 8.59. The average molecular weight is 440 g/mol. The number of amides is 1. The lowest BCUT2D eigenvalue weighted by atomic mass is 9.87. The predicted molar refractivity (Wildman–Crippen MR) is 120 cm³/mol. The van der Waals surface area contributed by atoms with Crippen LogP contribution in [-0.2, 0) is 23.1 Å². The molecule has 2 heterocycles. The van der Waals surface area contributed by atoms with E-state index in [4.69, 9.17) is 4.42 Å². The Balaban J connectivity index is 1.44. The monoisotopic (exact) mass is 439 g/mol. The first kappa shape index (κ1) is 21.6. The Hall–Kier alpha value is -2.61. The van der Waals surface area contributed by atoms with Crippen LogP contribution < -0.4 is 5.32 Å². The fourth-order valence-electron chi connectivity index (χ4n) is 3.83. The number of aromatic nitrogens is 4. The number of fused-ring (bicyclic) bond motifs is 1. The molecular weight excluding hydrogens is 410 g/mol. The largest absolute Gasteiger partial charge is 0.416 e. The van der Waals surface area contributed by atoms with E-state index in [1.807, 2.05) is 17.8 Å². The molecule has 1 aliphatic rings. The number of aryl methyl sites for hydroxylation is 1. The van der Waals surface area contributed by atoms with Crippen molar-refractivity contribution in [2.24, 2.45) is 0 Å². The molecule has 0 spiro atoms. The number of thioether (sulfide) groups is 1. The van der Waals surface area contributed by atoms with Crippen molar-refractivity contribution in [1.82, 2.24) is 25.3 Å². The molecule has 0 unspecified atom stereocenters. The minimum atomic E-state index is -0.0404. The number of carbonyl (C=O) groups is 1. The Morgan fingerprint density at radius 2 is 2.03 bits per heavy atom. The van der Waals surface area contributed by atoms with Crippen molar-refractivity contribution in [2.75, 3.05) is 5.75 Å². The standard InChI is InChI=1S/C23H29N5O2S/c1-5-21-26-27-22(30-21)31-14-20(29)25-18-7-6-8-19-17(18)13-24-28(19)16-11-9-15(10-12-16)23(2,3)4/h9-13,18H,5-8,14H2,1-4H3,(H,25,29)/t18-/m1/s1. The topological polar surface area (TPSA) is 85.8 Å². The molecule has 2 aromatic heterocycles. The van der Waals surface area contributed by atoms with Crippen molar-refractivity contribution in [3.63, 3.8) is 0 Å². The Bertz CT molecular complexity index is 1050. The Kier molecular flexibility index (Phi) is 6.18. The summed E-state index contributed by atoms with van der Waals surface area (Å²) in [5.41, 5.74) is 4.76. The molecule has 0 saturated carbocycles. The molecule has 164 valence electrons. The molecular formula is C23H29N5O2S. The third-order valence-electron chi connectivity index (χ3n) is 5.57. The molecule has 1 atom stereocenters. The molecule has 0 fully saturated rings. The van der Waals surface area contributed by atoms with Crippen LogP contribution in [0.5, 0.6) is 0 Å². The van der Waals surface area contributed by atoms with Crippen LogP contribution >= 0.6 is 11.8 Å². The van der Waals surface area contributed by atoms with E-state index >= 15 is 0 Å². The molecule has 0 radical (unpaired) electrons. The highest BCUT2D eigenvalue weighted by molar-refractivity contribution is 7.99. The smallest absolute Gasteiger partial charge is 0.277 e. The maximum atomic E-state index is 12.5. The zero-order valence-corrected chi connectivity index (χ0v) is 19.3. The van der Waals surface area contributed by atoms with E-state index in [1.54, 1.807) is 0 Å². The van der Waals surface area contributed by atoms with Gasteiger partial charge in [0.1, 0.15) is 0 Å². The van der Waals surface area contributed by atoms with Crippen LogP contribution in [0.4, 0.5) is 0 Å². The van der Waals surface area contributed by atoms with Gasteiger partial charge in [-0.3, -0.25) is 4.79 Å². The molecule has 0 aliphatic heterocycles. The van der Waals surface area contributed by atoms with Crippen LogP contribution in [0, 0.1) is 0 Å².